The van der Waals surface area contributed by atoms with Crippen LogP contribution >= 0.6 is 11.8 Å². The van der Waals surface area contributed by atoms with E-state index in [0.717, 1.165) is 22.7 Å². The van der Waals surface area contributed by atoms with Crippen LogP contribution in [0.3, 0.4) is 0 Å². The van der Waals surface area contributed by atoms with Crippen LogP contribution in [-0.2, 0) is 4.79 Å². The van der Waals surface area contributed by atoms with Gasteiger partial charge in [-0.3, -0.25) is 9.59 Å². The lowest BCUT2D eigenvalue weighted by Crippen LogP contribution is -2.12. The Morgan fingerprint density at radius 3 is 2.80 bits per heavy atom. The van der Waals surface area contributed by atoms with Gasteiger partial charge >= 0.3 is 5.97 Å². The van der Waals surface area contributed by atoms with Crippen LogP contribution in [-0.4, -0.2) is 28.6 Å². The number of hydrogen-bond acceptors (Lipinski definition) is 5. The summed E-state index contributed by atoms with van der Waals surface area (Å²) in [7, 11) is 0. The third kappa shape index (κ3) is 2.09. The summed E-state index contributed by atoms with van der Waals surface area (Å²) in [6.45, 7) is 1.96. The molecule has 104 valence electrons. The van der Waals surface area contributed by atoms with E-state index in [1.807, 2.05) is 0 Å². The third-order valence-electron chi connectivity index (χ3n) is 3.05. The number of fused-ring (bicyclic) bond motifs is 2. The summed E-state index contributed by atoms with van der Waals surface area (Å²) in [6.07, 6.45) is 0. The van der Waals surface area contributed by atoms with Gasteiger partial charge in [0.25, 0.3) is 5.56 Å². The number of nitrogens with one attached hydrogen (secondary N) is 1. The maximum absolute atomic E-state index is 12.0. The van der Waals surface area contributed by atoms with Gasteiger partial charge in [-0.05, 0) is 18.6 Å². The largest absolute Gasteiger partial charge is 0.481 e. The van der Waals surface area contributed by atoms with Crippen molar-refractivity contribution in [2.45, 2.75) is 11.8 Å². The van der Waals surface area contributed by atoms with Gasteiger partial charge in [-0.1, -0.05) is 0 Å². The van der Waals surface area contributed by atoms with Gasteiger partial charge in [0.15, 0.2) is 11.5 Å². The van der Waals surface area contributed by atoms with Crippen molar-refractivity contribution in [2.24, 2.45) is 0 Å². The normalized spacial score (nSPS) is 12.8. The molecule has 1 aliphatic rings. The first-order valence-electron chi connectivity index (χ1n) is 5.87. The minimum atomic E-state index is -0.959. The number of pyridine rings is 1. The average Bonchev–Trinajstić information content (AvgIpc) is 2.83. The third-order valence-corrected chi connectivity index (χ3v) is 4.22. The number of hydrogen-bond donors (Lipinski definition) is 2. The first kappa shape index (κ1) is 12.9. The van der Waals surface area contributed by atoms with Crippen LogP contribution in [0.15, 0.2) is 21.8 Å². The fourth-order valence-electron chi connectivity index (χ4n) is 2.14. The van der Waals surface area contributed by atoms with E-state index in [-0.39, 0.29) is 18.1 Å². The smallest absolute Gasteiger partial charge is 0.313 e. The van der Waals surface area contributed by atoms with Crippen molar-refractivity contribution < 1.29 is 19.4 Å². The Morgan fingerprint density at radius 2 is 2.10 bits per heavy atom. The number of rotatable bonds is 3. The van der Waals surface area contributed by atoms with Gasteiger partial charge in [0, 0.05) is 11.5 Å². The summed E-state index contributed by atoms with van der Waals surface area (Å²) < 4.78 is 10.6. The number of carbonyl (C=O) groups is 1. The molecule has 2 aromatic rings. The van der Waals surface area contributed by atoms with E-state index < -0.39 is 5.97 Å². The van der Waals surface area contributed by atoms with Crippen molar-refractivity contribution in [3.8, 4) is 11.5 Å². The van der Waals surface area contributed by atoms with E-state index in [0.29, 0.717) is 21.9 Å². The van der Waals surface area contributed by atoms with E-state index in [4.69, 9.17) is 14.6 Å². The van der Waals surface area contributed by atoms with Gasteiger partial charge in [-0.15, -0.1) is 11.8 Å². The topological polar surface area (TPSA) is 88.6 Å². The van der Waals surface area contributed by atoms with Crippen LogP contribution in [0.2, 0.25) is 0 Å². The Morgan fingerprint density at radius 1 is 1.40 bits per heavy atom. The molecule has 2 heterocycles. The lowest BCUT2D eigenvalue weighted by Gasteiger charge is -2.08. The monoisotopic (exact) mass is 293 g/mol. The maximum atomic E-state index is 12.0. The Bertz CT molecular complexity index is 767. The summed E-state index contributed by atoms with van der Waals surface area (Å²) in [6, 6.07) is 3.52. The number of carboxylic acid groups (broad SMARTS) is 1. The zero-order chi connectivity index (χ0) is 14.3. The Balaban J connectivity index is 2.16. The van der Waals surface area contributed by atoms with E-state index in [1.54, 1.807) is 19.1 Å². The lowest BCUT2D eigenvalue weighted by molar-refractivity contribution is -0.133. The maximum Gasteiger partial charge on any atom is 0.313 e. The van der Waals surface area contributed by atoms with Gasteiger partial charge in [0.2, 0.25) is 6.79 Å². The number of aryl methyl sites for hydroxylation is 1. The quantitative estimate of drug-likeness (QED) is 0.838. The fourth-order valence-corrected chi connectivity index (χ4v) is 2.91. The predicted molar refractivity (Wildman–Crippen MR) is 73.8 cm³/mol. The van der Waals surface area contributed by atoms with E-state index in [2.05, 4.69) is 4.98 Å². The van der Waals surface area contributed by atoms with E-state index in [9.17, 15) is 9.59 Å². The highest BCUT2D eigenvalue weighted by Crippen LogP contribution is 2.37. The second-order valence-corrected chi connectivity index (χ2v) is 5.33. The first-order chi connectivity index (χ1) is 9.56. The SMILES string of the molecule is Cc1c(SCC(=O)O)c(=O)[nH]c2cc3c(cc12)OCO3. The number of aromatic amines is 1. The van der Waals surface area contributed by atoms with Crippen LogP contribution in [0.5, 0.6) is 11.5 Å². The average molecular weight is 293 g/mol. The molecule has 0 unspecified atom stereocenters. The molecule has 0 saturated carbocycles. The number of ether oxygens (including phenoxy) is 2. The Hall–Kier alpha value is -2.15. The minimum absolute atomic E-state index is 0.153. The summed E-state index contributed by atoms with van der Waals surface area (Å²) in [4.78, 5) is 25.8. The van der Waals surface area contributed by atoms with Crippen LogP contribution in [0.1, 0.15) is 5.56 Å². The molecule has 3 rings (SSSR count). The van der Waals surface area contributed by atoms with Crippen molar-refractivity contribution in [3.05, 3.63) is 28.0 Å². The second-order valence-electron chi connectivity index (χ2n) is 4.34. The molecule has 0 amide bonds. The number of aliphatic carboxylic acids is 1. The molecule has 1 aliphatic heterocycles. The molecule has 0 fully saturated rings. The van der Waals surface area contributed by atoms with Gasteiger partial charge < -0.3 is 19.6 Å². The molecule has 6 nitrogen and oxygen atoms in total. The van der Waals surface area contributed by atoms with Crippen LogP contribution in [0, 0.1) is 6.92 Å². The molecular weight excluding hydrogens is 282 g/mol. The number of H-pyrrole nitrogens is 1. The zero-order valence-electron chi connectivity index (χ0n) is 10.6. The summed E-state index contributed by atoms with van der Waals surface area (Å²) in [5.41, 5.74) is 1.10. The van der Waals surface area contributed by atoms with Gasteiger partial charge in [-0.2, -0.15) is 0 Å². The molecule has 1 aromatic heterocycles. The highest BCUT2D eigenvalue weighted by molar-refractivity contribution is 8.00. The molecule has 0 bridgehead atoms. The second kappa shape index (κ2) is 4.75. The summed E-state index contributed by atoms with van der Waals surface area (Å²) in [5, 5.41) is 9.55. The predicted octanol–water partition coefficient (Wildman–Crippen LogP) is 1.74. The van der Waals surface area contributed by atoms with Crippen LogP contribution < -0.4 is 15.0 Å². The van der Waals surface area contributed by atoms with Gasteiger partial charge in [0.1, 0.15) is 0 Å². The van der Waals surface area contributed by atoms with E-state index >= 15 is 0 Å². The Kier molecular flexibility index (Phi) is 3.06. The van der Waals surface area contributed by atoms with Crippen molar-refractivity contribution >= 4 is 28.6 Å². The molecule has 1 aromatic carbocycles. The molecule has 0 atom stereocenters. The summed E-state index contributed by atoms with van der Waals surface area (Å²) >= 11 is 1.01. The highest BCUT2D eigenvalue weighted by atomic mass is 32.2. The Labute approximate surface area is 117 Å². The molecule has 0 saturated heterocycles. The molecular formula is C13H11NO5S. The molecule has 0 radical (unpaired) electrons. The molecule has 2 N–H and O–H groups in total. The van der Waals surface area contributed by atoms with Crippen molar-refractivity contribution in [1.29, 1.82) is 0 Å². The fraction of sp³-hybridized carbons (Fsp3) is 0.231. The van der Waals surface area contributed by atoms with Gasteiger partial charge in [-0.25, -0.2) is 0 Å². The number of carboxylic acids is 1. The summed E-state index contributed by atoms with van der Waals surface area (Å²) in [5.74, 6) is 0.111. The standard InChI is InChI=1S/C13H11NO5S/c1-6-7-2-9-10(19-5-18-9)3-8(7)14-13(17)12(6)20-4-11(15)16/h2-3H,4-5H2,1H3,(H,14,17)(H,15,16). The molecule has 7 heteroatoms. The van der Waals surface area contributed by atoms with Crippen LogP contribution in [0.25, 0.3) is 10.9 Å². The minimum Gasteiger partial charge on any atom is -0.481 e. The van der Waals surface area contributed by atoms with Crippen molar-refractivity contribution in [3.63, 3.8) is 0 Å². The first-order valence-corrected chi connectivity index (χ1v) is 6.85. The number of aromatic nitrogens is 1. The zero-order valence-corrected chi connectivity index (χ0v) is 11.4. The molecule has 0 spiro atoms. The van der Waals surface area contributed by atoms with Crippen molar-refractivity contribution in [1.82, 2.24) is 4.98 Å². The molecule has 20 heavy (non-hydrogen) atoms. The highest BCUT2D eigenvalue weighted by Gasteiger charge is 2.18. The van der Waals surface area contributed by atoms with Crippen LogP contribution in [0.4, 0.5) is 0 Å². The van der Waals surface area contributed by atoms with Gasteiger partial charge in [0.05, 0.1) is 16.2 Å². The number of benzene rings is 1. The number of thioether (sulfide) groups is 1. The molecule has 0 aliphatic carbocycles. The van der Waals surface area contributed by atoms with E-state index in [1.165, 1.54) is 0 Å². The van der Waals surface area contributed by atoms with Crippen molar-refractivity contribution in [2.75, 3.05) is 12.5 Å². The lowest BCUT2D eigenvalue weighted by atomic mass is 10.1.